The molecule has 0 heterocycles. The highest BCUT2D eigenvalue weighted by atomic mass is 14.4. The van der Waals surface area contributed by atoms with E-state index >= 15 is 0 Å². The standard InChI is InChI=1S/C38H62/c1-33(2,3)25-21-29(35(7,8)9)27(30(22-25)36(10,11)12)19-20-28-31(37(13,14)15)23-26(34(4,5)6)24-32(28)38(16,17)18/h21-24H,19-20H2,1-18H3. The molecule has 0 unspecified atom stereocenters. The van der Waals surface area contributed by atoms with Crippen molar-refractivity contribution >= 4 is 0 Å². The molecule has 0 heteroatoms. The number of hydrogen-bond donors (Lipinski definition) is 0. The second-order valence-electron chi connectivity index (χ2n) is 18.1. The van der Waals surface area contributed by atoms with Crippen LogP contribution in [-0.4, -0.2) is 0 Å². The summed E-state index contributed by atoms with van der Waals surface area (Å²) < 4.78 is 0. The molecule has 0 radical (unpaired) electrons. The molecule has 0 aliphatic rings. The van der Waals surface area contributed by atoms with Crippen molar-refractivity contribution in [1.29, 1.82) is 0 Å². The van der Waals surface area contributed by atoms with Gasteiger partial charge in [0.2, 0.25) is 0 Å². The lowest BCUT2D eigenvalue weighted by Gasteiger charge is -2.36. The molecule has 0 aliphatic carbocycles. The Kier molecular flexibility index (Phi) is 8.70. The van der Waals surface area contributed by atoms with E-state index in [1.165, 1.54) is 33.4 Å². The van der Waals surface area contributed by atoms with Crippen LogP contribution in [0, 0.1) is 0 Å². The van der Waals surface area contributed by atoms with Gasteiger partial charge < -0.3 is 0 Å². The van der Waals surface area contributed by atoms with E-state index in [2.05, 4.69) is 149 Å². The van der Waals surface area contributed by atoms with Crippen LogP contribution < -0.4 is 0 Å². The summed E-state index contributed by atoms with van der Waals surface area (Å²) in [6.45, 7) is 42.8. The van der Waals surface area contributed by atoms with Gasteiger partial charge in [0.25, 0.3) is 0 Å². The van der Waals surface area contributed by atoms with Crippen molar-refractivity contribution in [3.63, 3.8) is 0 Å². The molecular weight excluding hydrogens is 456 g/mol. The van der Waals surface area contributed by atoms with Crippen molar-refractivity contribution in [2.24, 2.45) is 0 Å². The topological polar surface area (TPSA) is 0 Å². The lowest BCUT2D eigenvalue weighted by molar-refractivity contribution is 0.528. The average molecular weight is 519 g/mol. The first-order valence-electron chi connectivity index (χ1n) is 15.0. The molecule has 38 heavy (non-hydrogen) atoms. The van der Waals surface area contributed by atoms with Gasteiger partial charge in [-0.25, -0.2) is 0 Å². The second kappa shape index (κ2) is 10.1. The molecule has 0 fully saturated rings. The van der Waals surface area contributed by atoms with Crippen LogP contribution in [0.4, 0.5) is 0 Å². The van der Waals surface area contributed by atoms with Crippen LogP contribution in [0.2, 0.25) is 0 Å². The maximum atomic E-state index is 2.53. The van der Waals surface area contributed by atoms with Crippen molar-refractivity contribution in [3.8, 4) is 0 Å². The van der Waals surface area contributed by atoms with E-state index < -0.39 is 0 Å². The van der Waals surface area contributed by atoms with Crippen LogP contribution in [-0.2, 0) is 45.3 Å². The molecule has 0 N–H and O–H groups in total. The fourth-order valence-electron chi connectivity index (χ4n) is 5.68. The maximum Gasteiger partial charge on any atom is -0.0129 e. The molecule has 0 atom stereocenters. The van der Waals surface area contributed by atoms with Crippen LogP contribution in [0.3, 0.4) is 0 Å². The van der Waals surface area contributed by atoms with Crippen molar-refractivity contribution < 1.29 is 0 Å². The summed E-state index contributed by atoms with van der Waals surface area (Å²) in [6.07, 6.45) is 2.15. The third kappa shape index (κ3) is 7.55. The quantitative estimate of drug-likeness (QED) is 0.379. The Morgan fingerprint density at radius 1 is 0.316 bits per heavy atom. The van der Waals surface area contributed by atoms with Gasteiger partial charge in [0.15, 0.2) is 0 Å². The fourth-order valence-corrected chi connectivity index (χ4v) is 5.68. The Morgan fingerprint density at radius 3 is 0.632 bits per heavy atom. The van der Waals surface area contributed by atoms with E-state index in [0.717, 1.165) is 12.8 Å². The molecule has 214 valence electrons. The highest BCUT2D eigenvalue weighted by molar-refractivity contribution is 5.51. The predicted octanol–water partition coefficient (Wildman–Crippen LogP) is 11.3. The Bertz CT molecular complexity index is 964. The molecule has 0 aromatic heterocycles. The molecule has 0 spiro atoms. The van der Waals surface area contributed by atoms with Gasteiger partial charge in [-0.15, -0.1) is 0 Å². The van der Waals surface area contributed by atoms with Gasteiger partial charge in [0.1, 0.15) is 0 Å². The summed E-state index contributed by atoms with van der Waals surface area (Å²) in [6, 6.07) is 10.1. The molecule has 0 amide bonds. The number of benzene rings is 2. The van der Waals surface area contributed by atoms with E-state index in [4.69, 9.17) is 0 Å². The third-order valence-electron chi connectivity index (χ3n) is 8.09. The molecule has 2 aromatic carbocycles. The second-order valence-corrected chi connectivity index (χ2v) is 18.1. The van der Waals surface area contributed by atoms with Gasteiger partial charge >= 0.3 is 0 Å². The molecule has 0 aliphatic heterocycles. The molecule has 0 saturated heterocycles. The van der Waals surface area contributed by atoms with Crippen LogP contribution in [0.25, 0.3) is 0 Å². The van der Waals surface area contributed by atoms with Crippen LogP contribution in [0.1, 0.15) is 169 Å². The van der Waals surface area contributed by atoms with E-state index in [1.54, 1.807) is 11.1 Å². The number of rotatable bonds is 3. The number of hydrogen-bond acceptors (Lipinski definition) is 0. The van der Waals surface area contributed by atoms with Crippen LogP contribution in [0.15, 0.2) is 24.3 Å². The molecular formula is C38H62. The van der Waals surface area contributed by atoms with Gasteiger partial charge in [0.05, 0.1) is 0 Å². The minimum Gasteiger partial charge on any atom is -0.0561 e. The molecule has 2 aromatic rings. The summed E-state index contributed by atoms with van der Waals surface area (Å²) in [5, 5.41) is 0. The van der Waals surface area contributed by atoms with Gasteiger partial charge in [-0.2, -0.15) is 0 Å². The Balaban J connectivity index is 2.90. The van der Waals surface area contributed by atoms with E-state index in [0.29, 0.717) is 0 Å². The fraction of sp³-hybridized carbons (Fsp3) is 0.684. The minimum atomic E-state index is 0.0897. The largest absolute Gasteiger partial charge is 0.0561 e. The predicted molar refractivity (Wildman–Crippen MR) is 172 cm³/mol. The SMILES string of the molecule is CC(C)(C)c1cc(C(C)(C)C)c(CCc2c(C(C)(C)C)cc(C(C)(C)C)cc2C(C)(C)C)c(C(C)(C)C)c1. The summed E-state index contributed by atoms with van der Waals surface area (Å²) in [5.41, 5.74) is 12.7. The highest BCUT2D eigenvalue weighted by Crippen LogP contribution is 2.42. The molecule has 0 nitrogen and oxygen atoms in total. The van der Waals surface area contributed by atoms with Crippen LogP contribution >= 0.6 is 0 Å². The van der Waals surface area contributed by atoms with E-state index in [1.807, 2.05) is 0 Å². The molecule has 2 rings (SSSR count). The average Bonchev–Trinajstić information content (AvgIpc) is 2.66. The summed E-state index contributed by atoms with van der Waals surface area (Å²) >= 11 is 0. The monoisotopic (exact) mass is 518 g/mol. The first-order chi connectivity index (χ1) is 16.6. The van der Waals surface area contributed by atoms with Crippen molar-refractivity contribution in [3.05, 3.63) is 68.8 Å². The minimum absolute atomic E-state index is 0.0897. The Morgan fingerprint density at radius 2 is 0.500 bits per heavy atom. The molecule has 0 saturated carbocycles. The first kappa shape index (κ1) is 32.7. The third-order valence-corrected chi connectivity index (χ3v) is 8.09. The zero-order valence-electron chi connectivity index (χ0n) is 28.7. The van der Waals surface area contributed by atoms with E-state index in [9.17, 15) is 0 Å². The van der Waals surface area contributed by atoms with Crippen molar-refractivity contribution in [1.82, 2.24) is 0 Å². The van der Waals surface area contributed by atoms with E-state index in [-0.39, 0.29) is 32.5 Å². The maximum absolute atomic E-state index is 2.53. The van der Waals surface area contributed by atoms with Gasteiger partial charge in [-0.1, -0.05) is 149 Å². The van der Waals surface area contributed by atoms with Gasteiger partial charge in [-0.05, 0) is 89.8 Å². The highest BCUT2D eigenvalue weighted by Gasteiger charge is 2.32. The lowest BCUT2D eigenvalue weighted by atomic mass is 9.69. The zero-order chi connectivity index (χ0) is 29.9. The Hall–Kier alpha value is -1.56. The van der Waals surface area contributed by atoms with Gasteiger partial charge in [-0.3, -0.25) is 0 Å². The normalized spacial score (nSPS) is 14.3. The summed E-state index contributed by atoms with van der Waals surface area (Å²) in [7, 11) is 0. The summed E-state index contributed by atoms with van der Waals surface area (Å²) in [4.78, 5) is 0. The smallest absolute Gasteiger partial charge is 0.0129 e. The van der Waals surface area contributed by atoms with Gasteiger partial charge in [0, 0.05) is 0 Å². The van der Waals surface area contributed by atoms with Crippen molar-refractivity contribution in [2.45, 2.75) is 170 Å². The first-order valence-corrected chi connectivity index (χ1v) is 15.0. The zero-order valence-corrected chi connectivity index (χ0v) is 28.7. The Labute approximate surface area is 238 Å². The van der Waals surface area contributed by atoms with Crippen LogP contribution in [0.5, 0.6) is 0 Å². The molecule has 0 bridgehead atoms. The lowest BCUT2D eigenvalue weighted by Crippen LogP contribution is -2.26. The summed E-state index contributed by atoms with van der Waals surface area (Å²) in [5.74, 6) is 0. The van der Waals surface area contributed by atoms with Crippen molar-refractivity contribution in [2.75, 3.05) is 0 Å².